The molecule has 1 aromatic rings. The van der Waals surface area contributed by atoms with Crippen molar-refractivity contribution in [1.82, 2.24) is 5.32 Å². The van der Waals surface area contributed by atoms with Gasteiger partial charge in [-0.2, -0.15) is 0 Å². The Balaban J connectivity index is 2.14. The summed E-state index contributed by atoms with van der Waals surface area (Å²) in [6, 6.07) is 5.07. The summed E-state index contributed by atoms with van der Waals surface area (Å²) in [5.74, 6) is 0.818. The summed E-state index contributed by atoms with van der Waals surface area (Å²) in [4.78, 5) is 12.5. The Morgan fingerprint density at radius 3 is 2.76 bits per heavy atom. The second kappa shape index (κ2) is 7.14. The van der Waals surface area contributed by atoms with E-state index in [-0.39, 0.29) is 24.7 Å². The minimum Gasteiger partial charge on any atom is -0.490 e. The lowest BCUT2D eigenvalue weighted by molar-refractivity contribution is 0.0918. The van der Waals surface area contributed by atoms with E-state index < -0.39 is 0 Å². The highest BCUT2D eigenvalue weighted by Crippen LogP contribution is 2.34. The maximum atomic E-state index is 12.5. The van der Waals surface area contributed by atoms with Crippen LogP contribution in [0.1, 0.15) is 43.5 Å². The van der Waals surface area contributed by atoms with Gasteiger partial charge in [0.2, 0.25) is 0 Å². The third kappa shape index (κ3) is 4.61. The third-order valence-corrected chi connectivity index (χ3v) is 3.73. The number of carbonyl (C=O) groups is 1. The fourth-order valence-electron chi connectivity index (χ4n) is 2.35. The van der Waals surface area contributed by atoms with Crippen LogP contribution in [0.3, 0.4) is 0 Å². The molecule has 0 bridgehead atoms. The van der Waals surface area contributed by atoms with Gasteiger partial charge in [0.05, 0.1) is 11.7 Å². The van der Waals surface area contributed by atoms with Gasteiger partial charge in [-0.05, 0) is 57.2 Å². The van der Waals surface area contributed by atoms with Crippen LogP contribution in [0, 0.1) is 5.92 Å². The highest BCUT2D eigenvalue weighted by atomic mass is 35.5. The van der Waals surface area contributed by atoms with Crippen molar-refractivity contribution in [2.45, 2.75) is 45.3 Å². The Morgan fingerprint density at radius 2 is 2.19 bits per heavy atom. The summed E-state index contributed by atoms with van der Waals surface area (Å²) in [5, 5.41) is 12.6. The number of aliphatic hydroxyl groups excluding tert-OH is 1. The fourth-order valence-corrected chi connectivity index (χ4v) is 2.52. The van der Waals surface area contributed by atoms with Crippen LogP contribution in [0.2, 0.25) is 5.02 Å². The molecule has 2 rings (SSSR count). The maximum Gasteiger partial charge on any atom is 0.255 e. The molecule has 2 N–H and O–H groups in total. The zero-order valence-electron chi connectivity index (χ0n) is 12.4. The minimum atomic E-state index is -0.196. The van der Waals surface area contributed by atoms with Gasteiger partial charge in [-0.25, -0.2) is 0 Å². The molecule has 0 spiro atoms. The van der Waals surface area contributed by atoms with E-state index in [9.17, 15) is 4.79 Å². The summed E-state index contributed by atoms with van der Waals surface area (Å²) in [5.41, 5.74) is 0.444. The average molecular weight is 312 g/mol. The van der Waals surface area contributed by atoms with Crippen LogP contribution in [-0.4, -0.2) is 29.8 Å². The van der Waals surface area contributed by atoms with Crippen molar-refractivity contribution in [2.24, 2.45) is 5.92 Å². The highest BCUT2D eigenvalue weighted by Gasteiger charge is 2.32. The summed E-state index contributed by atoms with van der Waals surface area (Å²) >= 11 is 5.99. The van der Waals surface area contributed by atoms with E-state index in [0.29, 0.717) is 28.7 Å². The molecule has 0 aromatic heterocycles. The van der Waals surface area contributed by atoms with Crippen LogP contribution < -0.4 is 10.1 Å². The Bertz CT molecular complexity index is 500. The van der Waals surface area contributed by atoms with Crippen LogP contribution in [0.4, 0.5) is 0 Å². The van der Waals surface area contributed by atoms with E-state index in [1.165, 1.54) is 0 Å². The average Bonchev–Trinajstić information content (AvgIpc) is 3.24. The maximum absolute atomic E-state index is 12.5. The summed E-state index contributed by atoms with van der Waals surface area (Å²) in [6.45, 7) is 3.90. The quantitative estimate of drug-likeness (QED) is 0.814. The van der Waals surface area contributed by atoms with Gasteiger partial charge in [-0.15, -0.1) is 0 Å². The second-order valence-electron chi connectivity index (χ2n) is 5.74. The molecule has 1 aromatic carbocycles. The first kappa shape index (κ1) is 16.1. The number of hydrogen-bond acceptors (Lipinski definition) is 3. The summed E-state index contributed by atoms with van der Waals surface area (Å²) in [7, 11) is 0. The number of amides is 1. The lowest BCUT2D eigenvalue weighted by atomic mass is 10.1. The predicted octanol–water partition coefficient (Wildman–Crippen LogP) is 3.02. The molecule has 4 nitrogen and oxygen atoms in total. The first-order valence-corrected chi connectivity index (χ1v) is 7.77. The van der Waals surface area contributed by atoms with Crippen molar-refractivity contribution in [3.8, 4) is 5.75 Å². The molecule has 1 atom stereocenters. The zero-order valence-corrected chi connectivity index (χ0v) is 13.2. The molecule has 1 fully saturated rings. The van der Waals surface area contributed by atoms with Crippen molar-refractivity contribution >= 4 is 17.5 Å². The van der Waals surface area contributed by atoms with Gasteiger partial charge >= 0.3 is 0 Å². The lowest BCUT2D eigenvalue weighted by Gasteiger charge is -2.19. The Labute approximate surface area is 130 Å². The molecule has 1 unspecified atom stereocenters. The minimum absolute atomic E-state index is 0.0191. The van der Waals surface area contributed by atoms with Gasteiger partial charge in [0, 0.05) is 17.7 Å². The van der Waals surface area contributed by atoms with Crippen molar-refractivity contribution in [1.29, 1.82) is 0 Å². The number of ether oxygens (including phenoxy) is 1. The summed E-state index contributed by atoms with van der Waals surface area (Å²) in [6.07, 6.45) is 2.78. The summed E-state index contributed by atoms with van der Waals surface area (Å²) < 4.78 is 5.67. The SMILES string of the molecule is CC(C)Oc1ccc(Cl)cc1C(=O)NC(CCO)C1CC1. The number of carbonyl (C=O) groups excluding carboxylic acids is 1. The molecule has 0 heterocycles. The van der Waals surface area contributed by atoms with Crippen molar-refractivity contribution in [3.63, 3.8) is 0 Å². The number of benzene rings is 1. The van der Waals surface area contributed by atoms with Crippen molar-refractivity contribution in [3.05, 3.63) is 28.8 Å². The molecular formula is C16H22ClNO3. The molecule has 0 aliphatic heterocycles. The van der Waals surface area contributed by atoms with E-state index in [2.05, 4.69) is 5.32 Å². The second-order valence-corrected chi connectivity index (χ2v) is 6.17. The number of aliphatic hydroxyl groups is 1. The third-order valence-electron chi connectivity index (χ3n) is 3.50. The largest absolute Gasteiger partial charge is 0.490 e. The highest BCUT2D eigenvalue weighted by molar-refractivity contribution is 6.31. The predicted molar refractivity (Wildman–Crippen MR) is 82.9 cm³/mol. The molecule has 21 heavy (non-hydrogen) atoms. The van der Waals surface area contributed by atoms with Gasteiger partial charge in [-0.3, -0.25) is 4.79 Å². The molecule has 0 saturated heterocycles. The molecule has 1 aliphatic rings. The molecule has 0 radical (unpaired) electrons. The van der Waals surface area contributed by atoms with Gasteiger partial charge in [-0.1, -0.05) is 11.6 Å². The molecule has 1 saturated carbocycles. The van der Waals surface area contributed by atoms with Gasteiger partial charge in [0.25, 0.3) is 5.91 Å². The van der Waals surface area contributed by atoms with Crippen LogP contribution >= 0.6 is 11.6 Å². The molecule has 5 heteroatoms. The molecule has 1 aliphatic carbocycles. The van der Waals surface area contributed by atoms with Crippen LogP contribution in [0.5, 0.6) is 5.75 Å². The van der Waals surface area contributed by atoms with Crippen LogP contribution in [-0.2, 0) is 0 Å². The lowest BCUT2D eigenvalue weighted by Crippen LogP contribution is -2.37. The number of hydrogen-bond donors (Lipinski definition) is 2. The zero-order chi connectivity index (χ0) is 15.4. The monoisotopic (exact) mass is 311 g/mol. The first-order valence-electron chi connectivity index (χ1n) is 7.39. The van der Waals surface area contributed by atoms with Gasteiger partial charge in [0.1, 0.15) is 5.75 Å². The molecule has 1 amide bonds. The Hall–Kier alpha value is -1.26. The van der Waals surface area contributed by atoms with Crippen molar-refractivity contribution in [2.75, 3.05) is 6.61 Å². The standard InChI is InChI=1S/C16H22ClNO3/c1-10(2)21-15-6-5-12(17)9-13(15)16(20)18-14(7-8-19)11-3-4-11/h5-6,9-11,14,19H,3-4,7-8H2,1-2H3,(H,18,20). The topological polar surface area (TPSA) is 58.6 Å². The van der Waals surface area contributed by atoms with Gasteiger partial charge < -0.3 is 15.2 Å². The molecular weight excluding hydrogens is 290 g/mol. The van der Waals surface area contributed by atoms with Crippen molar-refractivity contribution < 1.29 is 14.6 Å². The van der Waals surface area contributed by atoms with E-state index in [1.807, 2.05) is 13.8 Å². The van der Waals surface area contributed by atoms with E-state index in [1.54, 1.807) is 18.2 Å². The normalized spacial score (nSPS) is 15.9. The number of rotatable bonds is 7. The Kier molecular flexibility index (Phi) is 5.48. The van der Waals surface area contributed by atoms with E-state index in [4.69, 9.17) is 21.4 Å². The van der Waals surface area contributed by atoms with E-state index in [0.717, 1.165) is 12.8 Å². The van der Waals surface area contributed by atoms with Crippen LogP contribution in [0.25, 0.3) is 0 Å². The number of halogens is 1. The smallest absolute Gasteiger partial charge is 0.255 e. The van der Waals surface area contributed by atoms with E-state index >= 15 is 0 Å². The van der Waals surface area contributed by atoms with Crippen LogP contribution in [0.15, 0.2) is 18.2 Å². The molecule has 116 valence electrons. The number of nitrogens with one attached hydrogen (secondary N) is 1. The Morgan fingerprint density at radius 1 is 1.48 bits per heavy atom. The fraction of sp³-hybridized carbons (Fsp3) is 0.562. The first-order chi connectivity index (χ1) is 10.0. The van der Waals surface area contributed by atoms with Gasteiger partial charge in [0.15, 0.2) is 0 Å².